The molecule has 1 aromatic heterocycles. The van der Waals surface area contributed by atoms with E-state index in [-0.39, 0.29) is 0 Å². The summed E-state index contributed by atoms with van der Waals surface area (Å²) < 4.78 is 1.86. The number of aryl methyl sites for hydroxylation is 2. The Morgan fingerprint density at radius 1 is 1.26 bits per heavy atom. The summed E-state index contributed by atoms with van der Waals surface area (Å²) in [5.74, 6) is 1.29. The van der Waals surface area contributed by atoms with Gasteiger partial charge in [0.05, 0.1) is 0 Å². The van der Waals surface area contributed by atoms with Gasteiger partial charge in [0.2, 0.25) is 5.95 Å². The number of nitrogens with two attached hydrogens (primary N) is 1. The van der Waals surface area contributed by atoms with E-state index < -0.39 is 0 Å². The Morgan fingerprint density at radius 3 is 2.58 bits per heavy atom. The van der Waals surface area contributed by atoms with Gasteiger partial charge in [-0.15, -0.1) is 16.8 Å². The van der Waals surface area contributed by atoms with Crippen LogP contribution >= 0.6 is 11.8 Å². The highest BCUT2D eigenvalue weighted by Crippen LogP contribution is 2.23. The molecule has 0 atom stereocenters. The van der Waals surface area contributed by atoms with Crippen LogP contribution in [0.5, 0.6) is 0 Å². The molecule has 100 valence electrons. The fourth-order valence-corrected chi connectivity index (χ4v) is 2.89. The number of allylic oxidation sites excluding steroid dienone is 1. The fraction of sp³-hybridized carbons (Fsp3) is 0.286. The first-order valence-corrected chi connectivity index (χ1v) is 7.08. The molecular weight excluding hydrogens is 256 g/mol. The lowest BCUT2D eigenvalue weighted by Crippen LogP contribution is -2.03. The number of benzene rings is 1. The van der Waals surface area contributed by atoms with Gasteiger partial charge in [-0.05, 0) is 19.4 Å². The zero-order valence-electron chi connectivity index (χ0n) is 11.3. The zero-order valence-corrected chi connectivity index (χ0v) is 12.1. The number of nitrogens with zero attached hydrogens (tertiary/aromatic N) is 3. The topological polar surface area (TPSA) is 56.7 Å². The minimum Gasteiger partial charge on any atom is -0.368 e. The Kier molecular flexibility index (Phi) is 4.27. The summed E-state index contributed by atoms with van der Waals surface area (Å²) in [4.78, 5) is 0. The molecular formula is C14H18N4S. The van der Waals surface area contributed by atoms with Gasteiger partial charge in [0.15, 0.2) is 5.16 Å². The highest BCUT2D eigenvalue weighted by molar-refractivity contribution is 7.98. The van der Waals surface area contributed by atoms with Gasteiger partial charge in [-0.3, -0.25) is 4.57 Å². The monoisotopic (exact) mass is 274 g/mol. The molecule has 0 bridgehead atoms. The minimum atomic E-state index is 0.433. The largest absolute Gasteiger partial charge is 0.368 e. The maximum atomic E-state index is 5.77. The average molecular weight is 274 g/mol. The van der Waals surface area contributed by atoms with Gasteiger partial charge >= 0.3 is 0 Å². The molecule has 1 aromatic carbocycles. The van der Waals surface area contributed by atoms with Crippen LogP contribution in [0.15, 0.2) is 36.0 Å². The lowest BCUT2D eigenvalue weighted by atomic mass is 10.1. The molecule has 0 radical (unpaired) electrons. The van der Waals surface area contributed by atoms with Crippen molar-refractivity contribution < 1.29 is 0 Å². The Hall–Kier alpha value is -1.75. The third-order valence-electron chi connectivity index (χ3n) is 2.71. The van der Waals surface area contributed by atoms with Gasteiger partial charge in [0.1, 0.15) is 0 Å². The molecule has 0 saturated carbocycles. The van der Waals surface area contributed by atoms with Gasteiger partial charge in [0.25, 0.3) is 0 Å². The summed E-state index contributed by atoms with van der Waals surface area (Å²) in [7, 11) is 0. The number of aromatic nitrogens is 3. The van der Waals surface area contributed by atoms with Crippen molar-refractivity contribution in [2.75, 3.05) is 5.73 Å². The summed E-state index contributed by atoms with van der Waals surface area (Å²) >= 11 is 1.64. The molecule has 19 heavy (non-hydrogen) atoms. The van der Waals surface area contributed by atoms with Gasteiger partial charge < -0.3 is 5.73 Å². The molecule has 0 aliphatic rings. The smallest absolute Gasteiger partial charge is 0.222 e. The molecule has 0 aliphatic carbocycles. The fourth-order valence-electron chi connectivity index (χ4n) is 2.01. The van der Waals surface area contributed by atoms with Crippen molar-refractivity contribution >= 4 is 17.7 Å². The zero-order chi connectivity index (χ0) is 13.8. The van der Waals surface area contributed by atoms with Gasteiger partial charge in [-0.2, -0.15) is 0 Å². The van der Waals surface area contributed by atoms with Gasteiger partial charge in [-0.1, -0.05) is 47.2 Å². The maximum Gasteiger partial charge on any atom is 0.222 e. The Labute approximate surface area is 117 Å². The summed E-state index contributed by atoms with van der Waals surface area (Å²) in [5, 5.41) is 8.83. The molecule has 0 aliphatic heterocycles. The highest BCUT2D eigenvalue weighted by atomic mass is 32.2. The van der Waals surface area contributed by atoms with Crippen molar-refractivity contribution in [3.05, 3.63) is 47.5 Å². The number of anilines is 1. The standard InChI is InChI=1S/C14H18N4S/c1-4-5-18-13(15)16-17-14(18)19-9-12-7-10(2)6-11(3)8-12/h4,6-8H,1,5,9H2,2-3H3,(H2,15,16). The summed E-state index contributed by atoms with van der Waals surface area (Å²) in [6, 6.07) is 6.56. The first kappa shape index (κ1) is 13.7. The molecule has 0 spiro atoms. The first-order valence-electron chi connectivity index (χ1n) is 6.09. The van der Waals surface area contributed by atoms with Crippen LogP contribution in [0.25, 0.3) is 0 Å². The van der Waals surface area contributed by atoms with E-state index in [1.54, 1.807) is 17.8 Å². The molecule has 1 heterocycles. The third kappa shape index (κ3) is 3.38. The summed E-state index contributed by atoms with van der Waals surface area (Å²) in [5.41, 5.74) is 9.62. The van der Waals surface area contributed by atoms with E-state index in [4.69, 9.17) is 5.73 Å². The molecule has 2 aromatic rings. The molecule has 0 saturated heterocycles. The van der Waals surface area contributed by atoms with E-state index in [9.17, 15) is 0 Å². The van der Waals surface area contributed by atoms with Gasteiger partial charge in [-0.25, -0.2) is 0 Å². The van der Waals surface area contributed by atoms with Crippen molar-refractivity contribution in [3.63, 3.8) is 0 Å². The predicted molar refractivity (Wildman–Crippen MR) is 80.1 cm³/mol. The maximum absolute atomic E-state index is 5.77. The second-order valence-corrected chi connectivity index (χ2v) is 5.47. The summed E-state index contributed by atoms with van der Waals surface area (Å²) in [6.07, 6.45) is 1.79. The van der Waals surface area contributed by atoms with E-state index in [1.165, 1.54) is 16.7 Å². The Morgan fingerprint density at radius 2 is 1.95 bits per heavy atom. The lowest BCUT2D eigenvalue weighted by molar-refractivity contribution is 0.733. The number of nitrogen functional groups attached to an aromatic ring is 1. The molecule has 5 heteroatoms. The van der Waals surface area contributed by atoms with Crippen LogP contribution in [0.2, 0.25) is 0 Å². The molecule has 4 nitrogen and oxygen atoms in total. The van der Waals surface area contributed by atoms with Crippen LogP contribution < -0.4 is 5.73 Å². The van der Waals surface area contributed by atoms with E-state index in [0.717, 1.165) is 10.9 Å². The molecule has 0 unspecified atom stereocenters. The molecule has 0 amide bonds. The van der Waals surface area contributed by atoms with Crippen LogP contribution in [0.4, 0.5) is 5.95 Å². The van der Waals surface area contributed by atoms with E-state index in [2.05, 4.69) is 48.8 Å². The predicted octanol–water partition coefficient (Wildman–Crippen LogP) is 2.96. The Balaban J connectivity index is 2.12. The van der Waals surface area contributed by atoms with Crippen molar-refractivity contribution in [2.45, 2.75) is 31.3 Å². The highest BCUT2D eigenvalue weighted by Gasteiger charge is 2.09. The normalized spacial score (nSPS) is 10.6. The van der Waals surface area contributed by atoms with Crippen LogP contribution in [-0.2, 0) is 12.3 Å². The third-order valence-corrected chi connectivity index (χ3v) is 3.74. The number of rotatable bonds is 5. The van der Waals surface area contributed by atoms with Crippen molar-refractivity contribution in [1.29, 1.82) is 0 Å². The van der Waals surface area contributed by atoms with Gasteiger partial charge in [0, 0.05) is 12.3 Å². The van der Waals surface area contributed by atoms with Crippen LogP contribution in [0.3, 0.4) is 0 Å². The Bertz CT molecular complexity index is 569. The van der Waals surface area contributed by atoms with Crippen LogP contribution in [-0.4, -0.2) is 14.8 Å². The van der Waals surface area contributed by atoms with E-state index in [0.29, 0.717) is 12.5 Å². The second-order valence-electron chi connectivity index (χ2n) is 4.52. The van der Waals surface area contributed by atoms with Crippen molar-refractivity contribution in [1.82, 2.24) is 14.8 Å². The van der Waals surface area contributed by atoms with Crippen LogP contribution in [0.1, 0.15) is 16.7 Å². The quantitative estimate of drug-likeness (QED) is 0.672. The van der Waals surface area contributed by atoms with E-state index >= 15 is 0 Å². The van der Waals surface area contributed by atoms with E-state index in [1.807, 2.05) is 4.57 Å². The number of thioether (sulfide) groups is 1. The lowest BCUT2D eigenvalue weighted by Gasteiger charge is -2.06. The number of hydrogen-bond donors (Lipinski definition) is 1. The van der Waals surface area contributed by atoms with Crippen molar-refractivity contribution in [2.24, 2.45) is 0 Å². The molecule has 2 N–H and O–H groups in total. The minimum absolute atomic E-state index is 0.433. The first-order chi connectivity index (χ1) is 9.10. The average Bonchev–Trinajstić information content (AvgIpc) is 2.68. The number of hydrogen-bond acceptors (Lipinski definition) is 4. The van der Waals surface area contributed by atoms with Crippen LogP contribution in [0, 0.1) is 13.8 Å². The van der Waals surface area contributed by atoms with Crippen molar-refractivity contribution in [3.8, 4) is 0 Å². The second kappa shape index (κ2) is 5.93. The molecule has 0 fully saturated rings. The SMILES string of the molecule is C=CCn1c(N)nnc1SCc1cc(C)cc(C)c1. The summed E-state index contributed by atoms with van der Waals surface area (Å²) in [6.45, 7) is 8.57. The molecule has 2 rings (SSSR count).